The number of anilines is 3. The lowest BCUT2D eigenvalue weighted by Crippen LogP contribution is -2.10. The Kier molecular flexibility index (Phi) is 7.87. The molecule has 4 nitrogen and oxygen atoms in total. The monoisotopic (exact) mass is 804 g/mol. The molecule has 0 aliphatic rings. The second kappa shape index (κ2) is 14.1. The zero-order chi connectivity index (χ0) is 41.4. The molecule has 0 fully saturated rings. The fraction of sp³-hybridized carbons (Fsp3) is 0. The summed E-state index contributed by atoms with van der Waals surface area (Å²) in [5, 5.41) is 11.7. The highest BCUT2D eigenvalue weighted by molar-refractivity contribution is 6.26. The molecule has 2 aromatic heterocycles. The smallest absolute Gasteiger partial charge is 0.227 e. The minimum Gasteiger partial charge on any atom is -0.455 e. The number of hydrogen-bond donors (Lipinski definition) is 0. The quantitative estimate of drug-likeness (QED) is 0.157. The summed E-state index contributed by atoms with van der Waals surface area (Å²) in [4.78, 5) is 7.32. The van der Waals surface area contributed by atoms with Crippen molar-refractivity contribution in [2.75, 3.05) is 4.90 Å². The number of rotatable bonds is 6. The molecule has 0 radical (unpaired) electrons. The number of oxazole rings is 1. The van der Waals surface area contributed by atoms with Crippen LogP contribution in [0.25, 0.3) is 110 Å². The molecule has 13 rings (SSSR count). The maximum atomic E-state index is 6.94. The van der Waals surface area contributed by atoms with Crippen molar-refractivity contribution in [2.24, 2.45) is 0 Å². The van der Waals surface area contributed by atoms with Crippen molar-refractivity contribution < 1.29 is 8.83 Å². The summed E-state index contributed by atoms with van der Waals surface area (Å²) in [6.07, 6.45) is 0. The van der Waals surface area contributed by atoms with E-state index in [-0.39, 0.29) is 0 Å². The van der Waals surface area contributed by atoms with Crippen molar-refractivity contribution in [3.05, 3.63) is 218 Å². The van der Waals surface area contributed by atoms with E-state index in [1.807, 2.05) is 36.4 Å². The highest BCUT2D eigenvalue weighted by atomic mass is 16.3. The lowest BCUT2D eigenvalue weighted by atomic mass is 9.93. The Hall–Kier alpha value is -8.47. The molecule has 294 valence electrons. The van der Waals surface area contributed by atoms with Gasteiger partial charge < -0.3 is 13.7 Å². The molecule has 13 aromatic rings. The molecule has 0 aliphatic heterocycles. The fourth-order valence-corrected chi connectivity index (χ4v) is 9.65. The zero-order valence-electron chi connectivity index (χ0n) is 34.0. The summed E-state index contributed by atoms with van der Waals surface area (Å²) < 4.78 is 13.1. The Morgan fingerprint density at radius 2 is 0.873 bits per heavy atom. The molecular weight excluding hydrogens is 769 g/mol. The van der Waals surface area contributed by atoms with Gasteiger partial charge in [-0.2, -0.15) is 0 Å². The van der Waals surface area contributed by atoms with Gasteiger partial charge in [0.15, 0.2) is 5.58 Å². The van der Waals surface area contributed by atoms with Gasteiger partial charge in [-0.1, -0.05) is 152 Å². The van der Waals surface area contributed by atoms with E-state index in [0.717, 1.165) is 83.1 Å². The van der Waals surface area contributed by atoms with E-state index in [1.54, 1.807) is 0 Å². The number of nitrogens with zero attached hydrogens (tertiary/aromatic N) is 2. The van der Waals surface area contributed by atoms with E-state index in [1.165, 1.54) is 37.9 Å². The molecular formula is C59H36N2O2. The fourth-order valence-electron chi connectivity index (χ4n) is 9.65. The Morgan fingerprint density at radius 1 is 0.333 bits per heavy atom. The highest BCUT2D eigenvalue weighted by Crippen LogP contribution is 2.48. The zero-order valence-corrected chi connectivity index (χ0v) is 34.0. The molecule has 0 unspecified atom stereocenters. The highest BCUT2D eigenvalue weighted by Gasteiger charge is 2.23. The average Bonchev–Trinajstić information content (AvgIpc) is 3.97. The normalized spacial score (nSPS) is 11.8. The van der Waals surface area contributed by atoms with Crippen LogP contribution in [0.2, 0.25) is 0 Å². The van der Waals surface area contributed by atoms with E-state index in [9.17, 15) is 0 Å². The van der Waals surface area contributed by atoms with Crippen LogP contribution in [0.4, 0.5) is 17.1 Å². The SMILES string of the molecule is c1ccc(-c2ccc(N(c3ccc4c5ccccc5c5ccccc5c4c3)c3cc4ccccc4c4oc5ccc(-c6ccc7oc(-c8ccccc8)nc7c6)cc5c34)cc2)cc1. The third kappa shape index (κ3) is 5.73. The molecule has 4 heteroatoms. The van der Waals surface area contributed by atoms with Crippen molar-refractivity contribution >= 4 is 93.2 Å². The minimum absolute atomic E-state index is 0.613. The second-order valence-electron chi connectivity index (χ2n) is 16.3. The van der Waals surface area contributed by atoms with Gasteiger partial charge in [0, 0.05) is 27.7 Å². The van der Waals surface area contributed by atoms with Crippen LogP contribution in [0, 0.1) is 0 Å². The average molecular weight is 805 g/mol. The summed E-state index contributed by atoms with van der Waals surface area (Å²) in [6.45, 7) is 0. The van der Waals surface area contributed by atoms with Crippen molar-refractivity contribution in [1.82, 2.24) is 4.98 Å². The van der Waals surface area contributed by atoms with Gasteiger partial charge in [0.25, 0.3) is 0 Å². The van der Waals surface area contributed by atoms with E-state index in [0.29, 0.717) is 5.89 Å². The van der Waals surface area contributed by atoms with E-state index in [2.05, 4.69) is 187 Å². The maximum absolute atomic E-state index is 6.94. The molecule has 0 atom stereocenters. The van der Waals surface area contributed by atoms with Gasteiger partial charge in [-0.25, -0.2) is 4.98 Å². The number of benzene rings is 11. The Bertz CT molecular complexity index is 3870. The Labute approximate surface area is 362 Å². The predicted molar refractivity (Wildman–Crippen MR) is 262 cm³/mol. The molecule has 0 spiro atoms. The van der Waals surface area contributed by atoms with Gasteiger partial charge in [0.05, 0.1) is 11.1 Å². The number of fused-ring (bicyclic) bond motifs is 12. The number of aromatic nitrogens is 1. The van der Waals surface area contributed by atoms with Crippen LogP contribution in [0.15, 0.2) is 227 Å². The molecule has 0 amide bonds. The summed E-state index contributed by atoms with van der Waals surface area (Å²) in [5.74, 6) is 0.613. The van der Waals surface area contributed by atoms with Gasteiger partial charge in [-0.15, -0.1) is 0 Å². The van der Waals surface area contributed by atoms with Crippen LogP contribution in [0.5, 0.6) is 0 Å². The first-order chi connectivity index (χ1) is 31.2. The molecule has 2 heterocycles. The molecule has 0 bridgehead atoms. The first-order valence-corrected chi connectivity index (χ1v) is 21.4. The van der Waals surface area contributed by atoms with Gasteiger partial charge in [-0.3, -0.25) is 0 Å². The molecule has 0 saturated heterocycles. The summed E-state index contributed by atoms with van der Waals surface area (Å²) >= 11 is 0. The van der Waals surface area contributed by atoms with Crippen LogP contribution in [0.3, 0.4) is 0 Å². The molecule has 0 N–H and O–H groups in total. The van der Waals surface area contributed by atoms with E-state index < -0.39 is 0 Å². The molecule has 11 aromatic carbocycles. The third-order valence-corrected chi connectivity index (χ3v) is 12.6. The Morgan fingerprint density at radius 3 is 1.59 bits per heavy atom. The van der Waals surface area contributed by atoms with Crippen LogP contribution in [-0.2, 0) is 0 Å². The second-order valence-corrected chi connectivity index (χ2v) is 16.3. The van der Waals surface area contributed by atoms with E-state index >= 15 is 0 Å². The van der Waals surface area contributed by atoms with Gasteiger partial charge in [-0.05, 0) is 127 Å². The van der Waals surface area contributed by atoms with Crippen LogP contribution in [-0.4, -0.2) is 4.98 Å². The van der Waals surface area contributed by atoms with Crippen molar-refractivity contribution in [3.8, 4) is 33.7 Å². The predicted octanol–water partition coefficient (Wildman–Crippen LogP) is 16.8. The minimum atomic E-state index is 0.613. The van der Waals surface area contributed by atoms with Crippen LogP contribution >= 0.6 is 0 Å². The van der Waals surface area contributed by atoms with Gasteiger partial charge >= 0.3 is 0 Å². The lowest BCUT2D eigenvalue weighted by molar-refractivity contribution is 0.620. The third-order valence-electron chi connectivity index (χ3n) is 12.6. The summed E-state index contributed by atoms with van der Waals surface area (Å²) in [5.41, 5.74) is 11.8. The van der Waals surface area contributed by atoms with Crippen molar-refractivity contribution in [2.45, 2.75) is 0 Å². The maximum Gasteiger partial charge on any atom is 0.227 e. The Balaban J connectivity index is 1.06. The number of furan rings is 1. The molecule has 0 saturated carbocycles. The largest absolute Gasteiger partial charge is 0.455 e. The summed E-state index contributed by atoms with van der Waals surface area (Å²) in [7, 11) is 0. The lowest BCUT2D eigenvalue weighted by Gasteiger charge is -2.27. The first-order valence-electron chi connectivity index (χ1n) is 21.4. The standard InChI is InChI=1S/C59H36N2O2/c1-3-13-37(14-4-1)38-23-27-43(28-24-38)61(44-29-30-50-48-21-10-9-19-46(48)47-20-11-12-22-49(47)51(50)36-44)54-35-42-17-7-8-18-45(42)58-57(54)52-33-40(25-31-55(52)62-58)41-26-32-56-53(34-41)60-59(63-56)39-15-5-2-6-16-39/h1-36H. The van der Waals surface area contributed by atoms with Crippen LogP contribution < -0.4 is 4.90 Å². The first kappa shape index (κ1) is 35.3. The number of hydrogen-bond acceptors (Lipinski definition) is 4. The van der Waals surface area contributed by atoms with Gasteiger partial charge in [0.2, 0.25) is 5.89 Å². The van der Waals surface area contributed by atoms with Crippen LogP contribution in [0.1, 0.15) is 0 Å². The molecule has 63 heavy (non-hydrogen) atoms. The van der Waals surface area contributed by atoms with Crippen molar-refractivity contribution in [1.29, 1.82) is 0 Å². The summed E-state index contributed by atoms with van der Waals surface area (Å²) in [6, 6.07) is 77.7. The molecule has 0 aliphatic carbocycles. The van der Waals surface area contributed by atoms with E-state index in [4.69, 9.17) is 13.8 Å². The topological polar surface area (TPSA) is 42.4 Å². The van der Waals surface area contributed by atoms with Gasteiger partial charge in [0.1, 0.15) is 16.7 Å². The van der Waals surface area contributed by atoms with Crippen molar-refractivity contribution in [3.63, 3.8) is 0 Å².